The predicted molar refractivity (Wildman–Crippen MR) is 87.1 cm³/mol. The molecule has 0 fully saturated rings. The highest BCUT2D eigenvalue weighted by Crippen LogP contribution is 2.30. The van der Waals surface area contributed by atoms with Crippen LogP contribution in [-0.4, -0.2) is 32.1 Å². The minimum absolute atomic E-state index is 0.0520. The molecule has 0 bridgehead atoms. The van der Waals surface area contributed by atoms with Crippen LogP contribution in [0.1, 0.15) is 25.0 Å². The van der Waals surface area contributed by atoms with Gasteiger partial charge in [-0.05, 0) is 37.1 Å². The van der Waals surface area contributed by atoms with Crippen molar-refractivity contribution in [3.05, 3.63) is 41.1 Å². The lowest BCUT2D eigenvalue weighted by Crippen LogP contribution is -2.46. The Balaban J connectivity index is 2.34. The maximum absolute atomic E-state index is 11.8. The zero-order valence-corrected chi connectivity index (χ0v) is 14.1. The Bertz CT molecular complexity index is 722. The Labute approximate surface area is 140 Å². The van der Waals surface area contributed by atoms with Crippen LogP contribution in [0.4, 0.5) is 5.69 Å². The van der Waals surface area contributed by atoms with Gasteiger partial charge in [0.05, 0.1) is 32.3 Å². The molecule has 1 amide bonds. The van der Waals surface area contributed by atoms with E-state index in [4.69, 9.17) is 0 Å². The van der Waals surface area contributed by atoms with Crippen LogP contribution in [0.25, 0.3) is 0 Å². The van der Waals surface area contributed by atoms with Gasteiger partial charge >= 0.3 is 11.9 Å². The predicted octanol–water partition coefficient (Wildman–Crippen LogP) is 1.24. The van der Waals surface area contributed by atoms with Crippen molar-refractivity contribution in [2.45, 2.75) is 25.8 Å². The first-order chi connectivity index (χ1) is 11.3. The van der Waals surface area contributed by atoms with Gasteiger partial charge in [0.2, 0.25) is 5.91 Å². The van der Waals surface area contributed by atoms with Crippen molar-refractivity contribution >= 4 is 23.5 Å². The molecule has 1 aliphatic rings. The summed E-state index contributed by atoms with van der Waals surface area (Å²) in [6.45, 7) is 3.85. The van der Waals surface area contributed by atoms with E-state index in [0.717, 1.165) is 17.2 Å². The number of methoxy groups -OCH3 is 2. The van der Waals surface area contributed by atoms with Gasteiger partial charge in [-0.25, -0.2) is 9.59 Å². The number of rotatable bonds is 4. The van der Waals surface area contributed by atoms with E-state index in [-0.39, 0.29) is 18.0 Å². The number of carbonyl (C=O) groups excluding carboxylic acids is 3. The van der Waals surface area contributed by atoms with E-state index in [1.54, 1.807) is 12.1 Å². The van der Waals surface area contributed by atoms with Gasteiger partial charge in [-0.2, -0.15) is 0 Å². The zero-order chi connectivity index (χ0) is 17.9. The van der Waals surface area contributed by atoms with Crippen molar-refractivity contribution in [1.82, 2.24) is 5.32 Å². The topological polar surface area (TPSA) is 93.7 Å². The molecule has 0 spiro atoms. The molecule has 7 nitrogen and oxygen atoms in total. The Morgan fingerprint density at radius 3 is 2.58 bits per heavy atom. The summed E-state index contributed by atoms with van der Waals surface area (Å²) in [4.78, 5) is 35.0. The molecule has 1 aromatic rings. The van der Waals surface area contributed by atoms with E-state index in [2.05, 4.69) is 20.1 Å². The number of esters is 2. The average Bonchev–Trinajstić information content (AvgIpc) is 2.51. The van der Waals surface area contributed by atoms with Gasteiger partial charge in [-0.3, -0.25) is 4.79 Å². The SMILES string of the molecule is COC(=O)/C=C(/Nc1ccc2c(c1)CC(=O)NC2(C)C)C(=O)OC. The van der Waals surface area contributed by atoms with Gasteiger partial charge in [0.25, 0.3) is 0 Å². The second-order valence-corrected chi connectivity index (χ2v) is 5.92. The molecular formula is C17H20N2O5. The van der Waals surface area contributed by atoms with Gasteiger partial charge in [-0.15, -0.1) is 0 Å². The number of benzene rings is 1. The summed E-state index contributed by atoms with van der Waals surface area (Å²) in [5, 5.41) is 5.77. The largest absolute Gasteiger partial charge is 0.466 e. The van der Waals surface area contributed by atoms with Gasteiger partial charge in [0.1, 0.15) is 5.70 Å². The smallest absolute Gasteiger partial charge is 0.354 e. The monoisotopic (exact) mass is 332 g/mol. The van der Waals surface area contributed by atoms with E-state index in [1.165, 1.54) is 14.2 Å². The van der Waals surface area contributed by atoms with Crippen molar-refractivity contribution < 1.29 is 23.9 Å². The molecule has 7 heteroatoms. The Morgan fingerprint density at radius 1 is 1.25 bits per heavy atom. The third-order valence-electron chi connectivity index (χ3n) is 3.73. The molecule has 0 saturated carbocycles. The Morgan fingerprint density at radius 2 is 1.96 bits per heavy atom. The first-order valence-corrected chi connectivity index (χ1v) is 7.36. The van der Waals surface area contributed by atoms with Crippen molar-refractivity contribution in [3.63, 3.8) is 0 Å². The number of carbonyl (C=O) groups is 3. The van der Waals surface area contributed by atoms with E-state index in [9.17, 15) is 14.4 Å². The van der Waals surface area contributed by atoms with Crippen molar-refractivity contribution in [2.24, 2.45) is 0 Å². The highest BCUT2D eigenvalue weighted by atomic mass is 16.5. The van der Waals surface area contributed by atoms with Crippen LogP contribution in [-0.2, 0) is 35.8 Å². The average molecular weight is 332 g/mol. The summed E-state index contributed by atoms with van der Waals surface area (Å²) in [7, 11) is 2.43. The number of hydrogen-bond donors (Lipinski definition) is 2. The summed E-state index contributed by atoms with van der Waals surface area (Å²) in [6.07, 6.45) is 1.27. The number of amides is 1. The fourth-order valence-electron chi connectivity index (χ4n) is 2.65. The van der Waals surface area contributed by atoms with Crippen molar-refractivity contribution in [2.75, 3.05) is 19.5 Å². The molecule has 1 aromatic carbocycles. The second-order valence-electron chi connectivity index (χ2n) is 5.92. The number of ether oxygens (including phenoxy) is 2. The lowest BCUT2D eigenvalue weighted by Gasteiger charge is -2.33. The fraction of sp³-hybridized carbons (Fsp3) is 0.353. The molecule has 0 atom stereocenters. The van der Waals surface area contributed by atoms with Crippen LogP contribution in [0, 0.1) is 0 Å². The minimum Gasteiger partial charge on any atom is -0.466 e. The summed E-state index contributed by atoms with van der Waals surface area (Å²) >= 11 is 0. The van der Waals surface area contributed by atoms with Gasteiger partial charge in [-0.1, -0.05) is 6.07 Å². The minimum atomic E-state index is -0.698. The molecule has 0 aliphatic carbocycles. The fourth-order valence-corrected chi connectivity index (χ4v) is 2.65. The molecule has 1 heterocycles. The van der Waals surface area contributed by atoms with E-state index >= 15 is 0 Å². The molecule has 2 N–H and O–H groups in total. The second kappa shape index (κ2) is 6.74. The van der Waals surface area contributed by atoms with Crippen LogP contribution in [0.2, 0.25) is 0 Å². The summed E-state index contributed by atoms with van der Waals surface area (Å²) in [5.74, 6) is -1.44. The number of hydrogen-bond acceptors (Lipinski definition) is 6. The van der Waals surface area contributed by atoms with Crippen molar-refractivity contribution in [3.8, 4) is 0 Å². The summed E-state index contributed by atoms with van der Waals surface area (Å²) in [6, 6.07) is 5.43. The lowest BCUT2D eigenvalue weighted by molar-refractivity contribution is -0.138. The maximum atomic E-state index is 11.8. The summed E-state index contributed by atoms with van der Waals surface area (Å²) in [5.41, 5.74) is 1.92. The van der Waals surface area contributed by atoms with Gasteiger partial charge in [0, 0.05) is 5.69 Å². The molecule has 1 aliphatic heterocycles. The highest BCUT2D eigenvalue weighted by Gasteiger charge is 2.30. The van der Waals surface area contributed by atoms with Crippen LogP contribution in [0.3, 0.4) is 0 Å². The molecule has 24 heavy (non-hydrogen) atoms. The van der Waals surface area contributed by atoms with Crippen LogP contribution >= 0.6 is 0 Å². The molecule has 0 unspecified atom stereocenters. The normalized spacial score (nSPS) is 15.8. The highest BCUT2D eigenvalue weighted by molar-refractivity contribution is 5.98. The van der Waals surface area contributed by atoms with E-state index < -0.39 is 17.5 Å². The summed E-state index contributed by atoms with van der Waals surface area (Å²) < 4.78 is 9.18. The first kappa shape index (κ1) is 17.5. The third kappa shape index (κ3) is 3.73. The van der Waals surface area contributed by atoms with Gasteiger partial charge in [0.15, 0.2) is 0 Å². The standard InChI is InChI=1S/C17H20N2O5/c1-17(2)12-6-5-11(7-10(12)8-14(20)19-17)18-13(16(22)24-4)9-15(21)23-3/h5-7,9,18H,8H2,1-4H3,(H,19,20)/b13-9+. The quantitative estimate of drug-likeness (QED) is 0.636. The molecule has 2 rings (SSSR count). The first-order valence-electron chi connectivity index (χ1n) is 7.36. The molecule has 0 aromatic heterocycles. The Kier molecular flexibility index (Phi) is 4.92. The Hall–Kier alpha value is -2.83. The third-order valence-corrected chi connectivity index (χ3v) is 3.73. The van der Waals surface area contributed by atoms with E-state index in [1.807, 2.05) is 19.9 Å². The van der Waals surface area contributed by atoms with E-state index in [0.29, 0.717) is 5.69 Å². The zero-order valence-electron chi connectivity index (χ0n) is 14.1. The van der Waals surface area contributed by atoms with Gasteiger partial charge < -0.3 is 20.1 Å². The lowest BCUT2D eigenvalue weighted by atomic mass is 9.85. The van der Waals surface area contributed by atoms with Crippen molar-refractivity contribution in [1.29, 1.82) is 0 Å². The molecular weight excluding hydrogens is 312 g/mol. The number of nitrogens with one attached hydrogen (secondary N) is 2. The van der Waals surface area contributed by atoms with Crippen LogP contribution < -0.4 is 10.6 Å². The van der Waals surface area contributed by atoms with Crippen LogP contribution in [0.5, 0.6) is 0 Å². The number of anilines is 1. The van der Waals surface area contributed by atoms with Crippen LogP contribution in [0.15, 0.2) is 30.0 Å². The number of fused-ring (bicyclic) bond motifs is 1. The molecule has 0 radical (unpaired) electrons. The molecule has 128 valence electrons. The molecule has 0 saturated heterocycles. The maximum Gasteiger partial charge on any atom is 0.354 e.